The lowest BCUT2D eigenvalue weighted by Gasteiger charge is -2.35. The summed E-state index contributed by atoms with van der Waals surface area (Å²) in [6, 6.07) is 0.659. The second-order valence-electron chi connectivity index (χ2n) is 4.85. The molecule has 1 aromatic rings. The molecule has 2 unspecified atom stereocenters. The first-order valence-corrected chi connectivity index (χ1v) is 7.17. The molecule has 2 aliphatic rings. The summed E-state index contributed by atoms with van der Waals surface area (Å²) in [5.41, 5.74) is 0. The SMILES string of the molecule is Brc1cncnc1NCC1CN2CCCC2CO1. The Kier molecular flexibility index (Phi) is 3.77. The lowest BCUT2D eigenvalue weighted by molar-refractivity contribution is -0.0416. The van der Waals surface area contributed by atoms with E-state index < -0.39 is 0 Å². The van der Waals surface area contributed by atoms with Crippen LogP contribution in [0.1, 0.15) is 12.8 Å². The van der Waals surface area contributed by atoms with Crippen molar-refractivity contribution in [3.63, 3.8) is 0 Å². The van der Waals surface area contributed by atoms with Gasteiger partial charge in [0.2, 0.25) is 0 Å². The Morgan fingerprint density at radius 2 is 2.50 bits per heavy atom. The van der Waals surface area contributed by atoms with Gasteiger partial charge in [0.15, 0.2) is 0 Å². The van der Waals surface area contributed by atoms with Gasteiger partial charge in [-0.1, -0.05) is 0 Å². The van der Waals surface area contributed by atoms with Crippen molar-refractivity contribution in [2.24, 2.45) is 0 Å². The first-order chi connectivity index (χ1) is 8.83. The molecule has 6 heteroatoms. The fourth-order valence-electron chi connectivity index (χ4n) is 2.66. The van der Waals surface area contributed by atoms with Crippen LogP contribution in [0.4, 0.5) is 5.82 Å². The zero-order valence-electron chi connectivity index (χ0n) is 10.2. The molecule has 2 saturated heterocycles. The zero-order valence-corrected chi connectivity index (χ0v) is 11.8. The lowest BCUT2D eigenvalue weighted by Crippen LogP contribution is -2.48. The van der Waals surface area contributed by atoms with Crippen LogP contribution in [0.5, 0.6) is 0 Å². The Hall–Kier alpha value is -0.720. The predicted molar refractivity (Wildman–Crippen MR) is 72.6 cm³/mol. The van der Waals surface area contributed by atoms with Gasteiger partial charge in [-0.2, -0.15) is 0 Å². The maximum absolute atomic E-state index is 5.89. The van der Waals surface area contributed by atoms with E-state index in [1.807, 2.05) is 0 Å². The summed E-state index contributed by atoms with van der Waals surface area (Å²) in [5.74, 6) is 0.831. The molecule has 1 aromatic heterocycles. The normalized spacial score (nSPS) is 28.1. The number of halogens is 1. The molecule has 0 bridgehead atoms. The number of hydrogen-bond acceptors (Lipinski definition) is 5. The van der Waals surface area contributed by atoms with Crippen molar-refractivity contribution in [2.75, 3.05) is 31.6 Å². The number of aromatic nitrogens is 2. The van der Waals surface area contributed by atoms with Gasteiger partial charge in [0.25, 0.3) is 0 Å². The summed E-state index contributed by atoms with van der Waals surface area (Å²) in [6.45, 7) is 3.91. The van der Waals surface area contributed by atoms with Crippen LogP contribution in [-0.2, 0) is 4.74 Å². The van der Waals surface area contributed by atoms with E-state index in [1.54, 1.807) is 12.5 Å². The molecule has 0 aromatic carbocycles. The van der Waals surface area contributed by atoms with E-state index in [0.29, 0.717) is 6.04 Å². The first kappa shape index (κ1) is 12.3. The Morgan fingerprint density at radius 1 is 1.56 bits per heavy atom. The zero-order chi connectivity index (χ0) is 12.4. The van der Waals surface area contributed by atoms with Gasteiger partial charge in [-0.25, -0.2) is 9.97 Å². The van der Waals surface area contributed by atoms with Crippen LogP contribution in [0.25, 0.3) is 0 Å². The second kappa shape index (κ2) is 5.50. The Balaban J connectivity index is 1.53. The van der Waals surface area contributed by atoms with Gasteiger partial charge in [0.05, 0.1) is 17.2 Å². The molecule has 18 heavy (non-hydrogen) atoms. The van der Waals surface area contributed by atoms with Crippen LogP contribution in [0, 0.1) is 0 Å². The van der Waals surface area contributed by atoms with Crippen LogP contribution < -0.4 is 5.32 Å². The summed E-state index contributed by atoms with van der Waals surface area (Å²) in [5, 5.41) is 3.31. The third-order valence-electron chi connectivity index (χ3n) is 3.63. The smallest absolute Gasteiger partial charge is 0.143 e. The molecule has 0 spiro atoms. The van der Waals surface area contributed by atoms with Gasteiger partial charge < -0.3 is 10.1 Å². The molecule has 0 saturated carbocycles. The summed E-state index contributed by atoms with van der Waals surface area (Å²) in [4.78, 5) is 10.7. The van der Waals surface area contributed by atoms with Gasteiger partial charge in [0.1, 0.15) is 12.1 Å². The average Bonchev–Trinajstić information content (AvgIpc) is 2.85. The number of ether oxygens (including phenoxy) is 1. The molecular weight excluding hydrogens is 296 g/mol. The fourth-order valence-corrected chi connectivity index (χ4v) is 3.02. The minimum atomic E-state index is 0.251. The highest BCUT2D eigenvalue weighted by molar-refractivity contribution is 9.10. The van der Waals surface area contributed by atoms with Gasteiger partial charge in [0, 0.05) is 25.3 Å². The molecular formula is C12H17BrN4O. The number of nitrogens with one attached hydrogen (secondary N) is 1. The van der Waals surface area contributed by atoms with Crippen LogP contribution in [-0.4, -0.2) is 53.3 Å². The third-order valence-corrected chi connectivity index (χ3v) is 4.21. The Morgan fingerprint density at radius 3 is 3.39 bits per heavy atom. The molecule has 2 atom stereocenters. The third kappa shape index (κ3) is 2.65. The number of hydrogen-bond donors (Lipinski definition) is 1. The summed E-state index contributed by atoms with van der Waals surface area (Å²) in [7, 11) is 0. The second-order valence-corrected chi connectivity index (χ2v) is 5.70. The van der Waals surface area contributed by atoms with Crippen LogP contribution in [0.15, 0.2) is 17.0 Å². The van der Waals surface area contributed by atoms with Gasteiger partial charge in [-0.3, -0.25) is 4.90 Å². The molecule has 0 amide bonds. The standard InChI is InChI=1S/C12H17BrN4O/c13-11-5-14-8-16-12(11)15-4-10-6-17-3-1-2-9(17)7-18-10/h5,8-10H,1-4,6-7H2,(H,14,15,16). The topological polar surface area (TPSA) is 50.3 Å². The van der Waals surface area contributed by atoms with Gasteiger partial charge >= 0.3 is 0 Å². The molecule has 1 N–H and O–H groups in total. The minimum Gasteiger partial charge on any atom is -0.373 e. The number of anilines is 1. The Labute approximate surface area is 115 Å². The maximum atomic E-state index is 5.89. The molecule has 0 aliphatic carbocycles. The van der Waals surface area contributed by atoms with Crippen molar-refractivity contribution >= 4 is 21.7 Å². The van der Waals surface area contributed by atoms with Crippen molar-refractivity contribution in [1.82, 2.24) is 14.9 Å². The number of rotatable bonds is 3. The molecule has 2 aliphatic heterocycles. The van der Waals surface area contributed by atoms with Crippen LogP contribution in [0.2, 0.25) is 0 Å². The van der Waals surface area contributed by atoms with Crippen molar-refractivity contribution in [2.45, 2.75) is 25.0 Å². The number of morpholine rings is 1. The fraction of sp³-hybridized carbons (Fsp3) is 0.667. The highest BCUT2D eigenvalue weighted by Gasteiger charge is 2.31. The predicted octanol–water partition coefficient (Wildman–Crippen LogP) is 1.51. The largest absolute Gasteiger partial charge is 0.373 e. The molecule has 2 fully saturated rings. The molecule has 3 rings (SSSR count). The molecule has 3 heterocycles. The summed E-state index contributed by atoms with van der Waals surface area (Å²) >= 11 is 3.43. The van der Waals surface area contributed by atoms with Crippen LogP contribution in [0.3, 0.4) is 0 Å². The molecule has 5 nitrogen and oxygen atoms in total. The van der Waals surface area contributed by atoms with Crippen molar-refractivity contribution < 1.29 is 4.74 Å². The van der Waals surface area contributed by atoms with E-state index in [-0.39, 0.29) is 6.10 Å². The Bertz CT molecular complexity index is 417. The van der Waals surface area contributed by atoms with E-state index in [9.17, 15) is 0 Å². The number of nitrogens with zero attached hydrogens (tertiary/aromatic N) is 3. The highest BCUT2D eigenvalue weighted by atomic mass is 79.9. The number of fused-ring (bicyclic) bond motifs is 1. The van der Waals surface area contributed by atoms with E-state index >= 15 is 0 Å². The maximum Gasteiger partial charge on any atom is 0.143 e. The van der Waals surface area contributed by atoms with Gasteiger partial charge in [-0.15, -0.1) is 0 Å². The van der Waals surface area contributed by atoms with Crippen molar-refractivity contribution in [3.05, 3.63) is 17.0 Å². The van der Waals surface area contributed by atoms with E-state index in [4.69, 9.17) is 4.74 Å². The van der Waals surface area contributed by atoms with Crippen molar-refractivity contribution in [1.29, 1.82) is 0 Å². The monoisotopic (exact) mass is 312 g/mol. The summed E-state index contributed by atoms with van der Waals surface area (Å²) < 4.78 is 6.78. The highest BCUT2D eigenvalue weighted by Crippen LogP contribution is 2.23. The molecule has 0 radical (unpaired) electrons. The van der Waals surface area contributed by atoms with Gasteiger partial charge in [-0.05, 0) is 35.3 Å². The molecule has 98 valence electrons. The minimum absolute atomic E-state index is 0.251. The van der Waals surface area contributed by atoms with Crippen LogP contribution >= 0.6 is 15.9 Å². The van der Waals surface area contributed by atoms with E-state index in [2.05, 4.69) is 36.1 Å². The first-order valence-electron chi connectivity index (χ1n) is 6.38. The summed E-state index contributed by atoms with van der Waals surface area (Å²) in [6.07, 6.45) is 6.14. The van der Waals surface area contributed by atoms with E-state index in [0.717, 1.165) is 30.0 Å². The lowest BCUT2D eigenvalue weighted by atomic mass is 10.2. The average molecular weight is 313 g/mol. The van der Waals surface area contributed by atoms with Crippen molar-refractivity contribution in [3.8, 4) is 0 Å². The van der Waals surface area contributed by atoms with E-state index in [1.165, 1.54) is 19.4 Å². The quantitative estimate of drug-likeness (QED) is 0.917.